The highest BCUT2D eigenvalue weighted by Gasteiger charge is 2.17. The normalized spacial score (nSPS) is 10.3. The zero-order chi connectivity index (χ0) is 15.4. The predicted molar refractivity (Wildman–Crippen MR) is 89.3 cm³/mol. The van der Waals surface area contributed by atoms with Crippen LogP contribution in [-0.4, -0.2) is 19.5 Å². The Hall–Kier alpha value is -2.29. The molecule has 0 atom stereocenters. The Morgan fingerprint density at radius 3 is 2.48 bits per heavy atom. The predicted octanol–water partition coefficient (Wildman–Crippen LogP) is 4.01. The van der Waals surface area contributed by atoms with Crippen molar-refractivity contribution < 1.29 is 4.79 Å². The van der Waals surface area contributed by atoms with Crippen LogP contribution in [0.25, 0.3) is 0 Å². The minimum Gasteiger partial charge on any atom is -0.385 e. The fourth-order valence-corrected chi connectivity index (χ4v) is 2.31. The number of anilines is 2. The molecule has 0 saturated heterocycles. The van der Waals surface area contributed by atoms with E-state index in [4.69, 9.17) is 0 Å². The number of benzene rings is 2. The molecule has 0 radical (unpaired) electrons. The number of nitrogens with zero attached hydrogens (tertiary/aromatic N) is 1. The molecule has 3 heteroatoms. The van der Waals surface area contributed by atoms with Crippen molar-refractivity contribution >= 4 is 17.3 Å². The molecular weight excluding hydrogens is 260 g/mol. The van der Waals surface area contributed by atoms with E-state index in [1.807, 2.05) is 70.3 Å². The highest BCUT2D eigenvalue weighted by molar-refractivity contribution is 6.09. The van der Waals surface area contributed by atoms with Crippen molar-refractivity contribution in [1.29, 1.82) is 0 Å². The molecule has 0 fully saturated rings. The van der Waals surface area contributed by atoms with Crippen molar-refractivity contribution in [3.8, 4) is 0 Å². The Balaban J connectivity index is 2.37. The molecule has 0 bridgehead atoms. The first kappa shape index (κ1) is 15.1. The minimum atomic E-state index is 0.000231. The maximum absolute atomic E-state index is 12.8. The highest BCUT2D eigenvalue weighted by atomic mass is 16.2. The van der Waals surface area contributed by atoms with E-state index in [1.165, 1.54) is 0 Å². The Labute approximate surface area is 126 Å². The van der Waals surface area contributed by atoms with Gasteiger partial charge in [0.15, 0.2) is 0 Å². The number of amides is 1. The Morgan fingerprint density at radius 2 is 1.81 bits per heavy atom. The number of hydrogen-bond acceptors (Lipinski definition) is 2. The maximum Gasteiger partial charge on any atom is 0.260 e. The minimum absolute atomic E-state index is 0.000231. The summed E-state index contributed by atoms with van der Waals surface area (Å²) in [5.74, 6) is 0.000231. The van der Waals surface area contributed by atoms with Gasteiger partial charge in [-0.1, -0.05) is 23.8 Å². The Morgan fingerprint density at radius 1 is 1.10 bits per heavy atom. The van der Waals surface area contributed by atoms with E-state index < -0.39 is 0 Å². The van der Waals surface area contributed by atoms with Crippen LogP contribution in [0.4, 0.5) is 11.4 Å². The second-order valence-electron chi connectivity index (χ2n) is 5.28. The molecule has 0 saturated carbocycles. The van der Waals surface area contributed by atoms with Gasteiger partial charge in [0.1, 0.15) is 0 Å². The summed E-state index contributed by atoms with van der Waals surface area (Å²) in [6.07, 6.45) is 0. The molecule has 0 aromatic heterocycles. The Bertz CT molecular complexity index is 649. The van der Waals surface area contributed by atoms with Crippen LogP contribution in [0, 0.1) is 13.8 Å². The molecule has 2 aromatic rings. The van der Waals surface area contributed by atoms with Crippen molar-refractivity contribution in [2.24, 2.45) is 0 Å². The molecule has 0 unspecified atom stereocenters. The molecule has 1 N–H and O–H groups in total. The first-order valence-electron chi connectivity index (χ1n) is 7.22. The van der Waals surface area contributed by atoms with Crippen LogP contribution in [0.15, 0.2) is 42.5 Å². The molecule has 3 nitrogen and oxygen atoms in total. The lowest BCUT2D eigenvalue weighted by atomic mass is 10.1. The molecular formula is C18H22N2O. The van der Waals surface area contributed by atoms with Gasteiger partial charge in [-0.3, -0.25) is 4.79 Å². The number of hydrogen-bond donors (Lipinski definition) is 1. The van der Waals surface area contributed by atoms with Crippen LogP contribution in [0.1, 0.15) is 28.4 Å². The molecule has 110 valence electrons. The van der Waals surface area contributed by atoms with Crippen molar-refractivity contribution in [2.75, 3.05) is 23.8 Å². The van der Waals surface area contributed by atoms with Gasteiger partial charge in [-0.25, -0.2) is 0 Å². The summed E-state index contributed by atoms with van der Waals surface area (Å²) < 4.78 is 0. The summed E-state index contributed by atoms with van der Waals surface area (Å²) in [4.78, 5) is 14.5. The first-order valence-corrected chi connectivity index (χ1v) is 7.22. The third kappa shape index (κ3) is 3.43. The van der Waals surface area contributed by atoms with E-state index in [1.54, 1.807) is 4.90 Å². The van der Waals surface area contributed by atoms with Crippen molar-refractivity contribution in [2.45, 2.75) is 20.8 Å². The lowest BCUT2D eigenvalue weighted by Gasteiger charge is -2.20. The number of rotatable bonds is 4. The van der Waals surface area contributed by atoms with Gasteiger partial charge in [0.05, 0.1) is 5.56 Å². The third-order valence-electron chi connectivity index (χ3n) is 3.47. The quantitative estimate of drug-likeness (QED) is 0.919. The van der Waals surface area contributed by atoms with E-state index in [9.17, 15) is 4.79 Å². The summed E-state index contributed by atoms with van der Waals surface area (Å²) in [6.45, 7) is 6.84. The monoisotopic (exact) mass is 282 g/mol. The standard InChI is InChI=1S/C18H22N2O/c1-5-19-17-10-9-14(3)12-16(17)18(21)20(4)15-8-6-7-13(2)11-15/h6-12,19H,5H2,1-4H3. The number of carbonyl (C=O) groups is 1. The van der Waals surface area contributed by atoms with E-state index in [2.05, 4.69) is 5.32 Å². The van der Waals surface area contributed by atoms with Gasteiger partial charge in [0.2, 0.25) is 0 Å². The summed E-state index contributed by atoms with van der Waals surface area (Å²) >= 11 is 0. The third-order valence-corrected chi connectivity index (χ3v) is 3.47. The van der Waals surface area contributed by atoms with Crippen molar-refractivity contribution in [3.63, 3.8) is 0 Å². The summed E-state index contributed by atoms with van der Waals surface area (Å²) in [7, 11) is 1.81. The van der Waals surface area contributed by atoms with Crippen LogP contribution in [-0.2, 0) is 0 Å². The van der Waals surface area contributed by atoms with E-state index in [0.29, 0.717) is 5.56 Å². The topological polar surface area (TPSA) is 32.3 Å². The van der Waals surface area contributed by atoms with Crippen LogP contribution in [0.3, 0.4) is 0 Å². The molecule has 21 heavy (non-hydrogen) atoms. The summed E-state index contributed by atoms with van der Waals surface area (Å²) in [6, 6.07) is 13.9. The smallest absolute Gasteiger partial charge is 0.260 e. The number of carbonyl (C=O) groups excluding carboxylic acids is 1. The molecule has 2 rings (SSSR count). The van der Waals surface area contributed by atoms with Crippen molar-refractivity contribution in [1.82, 2.24) is 0 Å². The van der Waals surface area contributed by atoms with Gasteiger partial charge in [-0.15, -0.1) is 0 Å². The fourth-order valence-electron chi connectivity index (χ4n) is 2.31. The zero-order valence-electron chi connectivity index (χ0n) is 13.1. The van der Waals surface area contributed by atoms with Crippen LogP contribution >= 0.6 is 0 Å². The van der Waals surface area contributed by atoms with Crippen LogP contribution in [0.5, 0.6) is 0 Å². The van der Waals surface area contributed by atoms with Gasteiger partial charge in [-0.05, 0) is 50.6 Å². The molecule has 0 aliphatic heterocycles. The highest BCUT2D eigenvalue weighted by Crippen LogP contribution is 2.22. The molecule has 1 amide bonds. The molecule has 2 aromatic carbocycles. The van der Waals surface area contributed by atoms with Gasteiger partial charge in [-0.2, -0.15) is 0 Å². The van der Waals surface area contributed by atoms with Gasteiger partial charge in [0.25, 0.3) is 5.91 Å². The fraction of sp³-hybridized carbons (Fsp3) is 0.278. The average molecular weight is 282 g/mol. The second kappa shape index (κ2) is 6.44. The first-order chi connectivity index (χ1) is 10.0. The maximum atomic E-state index is 12.8. The van der Waals surface area contributed by atoms with E-state index >= 15 is 0 Å². The lowest BCUT2D eigenvalue weighted by molar-refractivity contribution is 0.0993. The summed E-state index contributed by atoms with van der Waals surface area (Å²) in [5, 5.41) is 3.25. The van der Waals surface area contributed by atoms with Gasteiger partial charge >= 0.3 is 0 Å². The molecule has 0 spiro atoms. The van der Waals surface area contributed by atoms with Crippen LogP contribution in [0.2, 0.25) is 0 Å². The zero-order valence-corrected chi connectivity index (χ0v) is 13.1. The van der Waals surface area contributed by atoms with E-state index in [-0.39, 0.29) is 5.91 Å². The lowest BCUT2D eigenvalue weighted by Crippen LogP contribution is -2.27. The van der Waals surface area contributed by atoms with Gasteiger partial charge in [0, 0.05) is 25.0 Å². The molecule has 0 aliphatic carbocycles. The molecule has 0 aliphatic rings. The number of aryl methyl sites for hydroxylation is 2. The summed E-state index contributed by atoms with van der Waals surface area (Å²) in [5.41, 5.74) is 4.72. The largest absolute Gasteiger partial charge is 0.385 e. The van der Waals surface area contributed by atoms with Crippen molar-refractivity contribution in [3.05, 3.63) is 59.2 Å². The molecule has 0 heterocycles. The second-order valence-corrected chi connectivity index (χ2v) is 5.28. The van der Waals surface area contributed by atoms with E-state index in [0.717, 1.165) is 29.0 Å². The van der Waals surface area contributed by atoms with Gasteiger partial charge < -0.3 is 10.2 Å². The average Bonchev–Trinajstić information content (AvgIpc) is 2.48. The Kier molecular flexibility index (Phi) is 4.63. The number of nitrogens with one attached hydrogen (secondary N) is 1. The van der Waals surface area contributed by atoms with Crippen LogP contribution < -0.4 is 10.2 Å². The SMILES string of the molecule is CCNc1ccc(C)cc1C(=O)N(C)c1cccc(C)c1.